The second-order valence-electron chi connectivity index (χ2n) is 4.07. The summed E-state index contributed by atoms with van der Waals surface area (Å²) >= 11 is 0. The molecule has 2 rings (SSSR count). The summed E-state index contributed by atoms with van der Waals surface area (Å²) in [5.74, 6) is 1.42. The summed E-state index contributed by atoms with van der Waals surface area (Å²) in [4.78, 5) is 4.57. The lowest BCUT2D eigenvalue weighted by Crippen LogP contribution is -2.00. The number of nitrogens with one attached hydrogen (secondary N) is 1. The molecule has 0 bridgehead atoms. The SMILES string of the molecule is CNc1cc(COC)nc2c(OC)cc(OC)cc12. The van der Waals surface area contributed by atoms with Gasteiger partial charge in [0, 0.05) is 31.3 Å². The van der Waals surface area contributed by atoms with Crippen molar-refractivity contribution in [2.75, 3.05) is 33.7 Å². The van der Waals surface area contributed by atoms with Gasteiger partial charge in [-0.1, -0.05) is 0 Å². The number of nitrogens with zero attached hydrogens (tertiary/aromatic N) is 1. The van der Waals surface area contributed by atoms with E-state index < -0.39 is 0 Å². The molecule has 19 heavy (non-hydrogen) atoms. The van der Waals surface area contributed by atoms with Crippen LogP contribution in [0.1, 0.15) is 5.69 Å². The first-order valence-electron chi connectivity index (χ1n) is 5.95. The number of rotatable bonds is 5. The molecule has 0 fully saturated rings. The molecule has 0 atom stereocenters. The van der Waals surface area contributed by atoms with Gasteiger partial charge in [0.05, 0.1) is 26.5 Å². The van der Waals surface area contributed by atoms with Crippen LogP contribution < -0.4 is 14.8 Å². The van der Waals surface area contributed by atoms with Crippen LogP contribution in [0.4, 0.5) is 5.69 Å². The Labute approximate surface area is 112 Å². The summed E-state index contributed by atoms with van der Waals surface area (Å²) < 4.78 is 15.8. The van der Waals surface area contributed by atoms with Gasteiger partial charge < -0.3 is 19.5 Å². The van der Waals surface area contributed by atoms with Crippen molar-refractivity contribution in [3.8, 4) is 11.5 Å². The van der Waals surface area contributed by atoms with Crippen molar-refractivity contribution in [1.29, 1.82) is 0 Å². The van der Waals surface area contributed by atoms with Gasteiger partial charge in [-0.05, 0) is 12.1 Å². The average Bonchev–Trinajstić information content (AvgIpc) is 2.45. The van der Waals surface area contributed by atoms with Crippen LogP contribution in [0.25, 0.3) is 10.9 Å². The maximum atomic E-state index is 5.39. The predicted molar refractivity (Wildman–Crippen MR) is 75.1 cm³/mol. The Hall–Kier alpha value is -2.01. The number of hydrogen-bond acceptors (Lipinski definition) is 5. The number of ether oxygens (including phenoxy) is 3. The zero-order chi connectivity index (χ0) is 13.8. The Kier molecular flexibility index (Phi) is 4.06. The van der Waals surface area contributed by atoms with Crippen molar-refractivity contribution < 1.29 is 14.2 Å². The van der Waals surface area contributed by atoms with Crippen LogP contribution in [0.3, 0.4) is 0 Å². The molecule has 0 saturated carbocycles. The van der Waals surface area contributed by atoms with Gasteiger partial charge in [0.2, 0.25) is 0 Å². The Morgan fingerprint density at radius 1 is 1.11 bits per heavy atom. The molecule has 5 heteroatoms. The monoisotopic (exact) mass is 262 g/mol. The summed E-state index contributed by atoms with van der Waals surface area (Å²) in [5, 5.41) is 4.12. The van der Waals surface area contributed by atoms with Crippen LogP contribution in [-0.4, -0.2) is 33.4 Å². The van der Waals surface area contributed by atoms with E-state index in [2.05, 4.69) is 10.3 Å². The highest BCUT2D eigenvalue weighted by Crippen LogP contribution is 2.34. The van der Waals surface area contributed by atoms with Crippen molar-refractivity contribution in [3.05, 3.63) is 23.9 Å². The first kappa shape index (κ1) is 13.4. The van der Waals surface area contributed by atoms with Crippen LogP contribution in [0.15, 0.2) is 18.2 Å². The van der Waals surface area contributed by atoms with Gasteiger partial charge in [-0.25, -0.2) is 4.98 Å². The molecule has 102 valence electrons. The van der Waals surface area contributed by atoms with Gasteiger partial charge in [0.25, 0.3) is 0 Å². The maximum Gasteiger partial charge on any atom is 0.148 e. The minimum atomic E-state index is 0.458. The summed E-state index contributed by atoms with van der Waals surface area (Å²) in [6.45, 7) is 0.458. The van der Waals surface area contributed by atoms with Gasteiger partial charge in [-0.2, -0.15) is 0 Å². The fourth-order valence-electron chi connectivity index (χ4n) is 2.03. The topological polar surface area (TPSA) is 52.6 Å². The molecule has 1 aromatic heterocycles. The third kappa shape index (κ3) is 2.56. The number of methoxy groups -OCH3 is 3. The molecule has 1 aromatic carbocycles. The fourth-order valence-corrected chi connectivity index (χ4v) is 2.03. The molecule has 0 aliphatic carbocycles. The minimum Gasteiger partial charge on any atom is -0.497 e. The molecule has 0 saturated heterocycles. The number of benzene rings is 1. The van der Waals surface area contributed by atoms with Crippen LogP contribution >= 0.6 is 0 Å². The van der Waals surface area contributed by atoms with E-state index in [0.29, 0.717) is 12.4 Å². The molecule has 2 aromatic rings. The van der Waals surface area contributed by atoms with E-state index in [1.54, 1.807) is 21.3 Å². The molecule has 0 aliphatic heterocycles. The van der Waals surface area contributed by atoms with E-state index in [4.69, 9.17) is 14.2 Å². The van der Waals surface area contributed by atoms with Gasteiger partial charge >= 0.3 is 0 Å². The van der Waals surface area contributed by atoms with Crippen LogP contribution in [0, 0.1) is 0 Å². The second-order valence-corrected chi connectivity index (χ2v) is 4.07. The lowest BCUT2D eigenvalue weighted by molar-refractivity contribution is 0.182. The van der Waals surface area contributed by atoms with Crippen LogP contribution in [0.5, 0.6) is 11.5 Å². The average molecular weight is 262 g/mol. The fraction of sp³-hybridized carbons (Fsp3) is 0.357. The smallest absolute Gasteiger partial charge is 0.148 e. The van der Waals surface area contributed by atoms with E-state index in [0.717, 1.165) is 28.0 Å². The van der Waals surface area contributed by atoms with Gasteiger partial charge in [-0.15, -0.1) is 0 Å². The largest absolute Gasteiger partial charge is 0.497 e. The van der Waals surface area contributed by atoms with E-state index in [1.165, 1.54) is 0 Å². The number of anilines is 1. The van der Waals surface area contributed by atoms with Crippen LogP contribution in [-0.2, 0) is 11.3 Å². The Balaban J connectivity index is 2.73. The number of pyridine rings is 1. The molecular weight excluding hydrogens is 244 g/mol. The molecule has 0 aliphatic rings. The van der Waals surface area contributed by atoms with Crippen LogP contribution in [0.2, 0.25) is 0 Å². The minimum absolute atomic E-state index is 0.458. The van der Waals surface area contributed by atoms with Gasteiger partial charge in [-0.3, -0.25) is 0 Å². The van der Waals surface area contributed by atoms with E-state index in [9.17, 15) is 0 Å². The summed E-state index contributed by atoms with van der Waals surface area (Å²) in [5.41, 5.74) is 2.61. The van der Waals surface area contributed by atoms with Crippen molar-refractivity contribution in [2.24, 2.45) is 0 Å². The first-order valence-corrected chi connectivity index (χ1v) is 5.95. The summed E-state index contributed by atoms with van der Waals surface area (Å²) in [6, 6.07) is 5.73. The Morgan fingerprint density at radius 3 is 2.47 bits per heavy atom. The number of hydrogen-bond donors (Lipinski definition) is 1. The van der Waals surface area contributed by atoms with Gasteiger partial charge in [0.1, 0.15) is 17.0 Å². The van der Waals surface area contributed by atoms with Gasteiger partial charge in [0.15, 0.2) is 0 Å². The molecule has 1 N–H and O–H groups in total. The Bertz CT molecular complexity index is 584. The normalized spacial score (nSPS) is 10.5. The van der Waals surface area contributed by atoms with Crippen molar-refractivity contribution >= 4 is 16.6 Å². The summed E-state index contributed by atoms with van der Waals surface area (Å²) in [6.07, 6.45) is 0. The zero-order valence-corrected chi connectivity index (χ0v) is 11.6. The van der Waals surface area contributed by atoms with Crippen molar-refractivity contribution in [3.63, 3.8) is 0 Å². The zero-order valence-electron chi connectivity index (χ0n) is 11.6. The highest BCUT2D eigenvalue weighted by Gasteiger charge is 2.12. The highest BCUT2D eigenvalue weighted by atomic mass is 16.5. The maximum absolute atomic E-state index is 5.39. The molecule has 5 nitrogen and oxygen atoms in total. The third-order valence-corrected chi connectivity index (χ3v) is 2.92. The van der Waals surface area contributed by atoms with Crippen molar-refractivity contribution in [1.82, 2.24) is 4.98 Å². The standard InChI is InChI=1S/C14H18N2O3/c1-15-12-5-9(8-17-2)16-14-11(12)6-10(18-3)7-13(14)19-4/h5-7H,8H2,1-4H3,(H,15,16). The molecule has 0 radical (unpaired) electrons. The van der Waals surface area contributed by atoms with Crippen molar-refractivity contribution in [2.45, 2.75) is 6.61 Å². The van der Waals surface area contributed by atoms with E-state index >= 15 is 0 Å². The molecular formula is C14H18N2O3. The second kappa shape index (κ2) is 5.75. The number of aromatic nitrogens is 1. The molecule has 0 amide bonds. The lowest BCUT2D eigenvalue weighted by Gasteiger charge is -2.13. The molecule has 1 heterocycles. The van der Waals surface area contributed by atoms with E-state index in [1.807, 2.05) is 25.2 Å². The Morgan fingerprint density at radius 2 is 1.89 bits per heavy atom. The lowest BCUT2D eigenvalue weighted by atomic mass is 10.1. The summed E-state index contributed by atoms with van der Waals surface area (Å²) in [7, 11) is 6.78. The van der Waals surface area contributed by atoms with E-state index in [-0.39, 0.29) is 0 Å². The molecule has 0 unspecified atom stereocenters. The quantitative estimate of drug-likeness (QED) is 0.897. The third-order valence-electron chi connectivity index (χ3n) is 2.92. The number of fused-ring (bicyclic) bond motifs is 1. The highest BCUT2D eigenvalue weighted by molar-refractivity contribution is 5.96. The predicted octanol–water partition coefficient (Wildman–Crippen LogP) is 2.44. The molecule has 0 spiro atoms. The first-order chi connectivity index (χ1) is 9.23.